The molecule has 1 aliphatic heterocycles. The van der Waals surface area contributed by atoms with Gasteiger partial charge in [-0.1, -0.05) is 30.3 Å². The molecule has 2 aromatic carbocycles. The lowest BCUT2D eigenvalue weighted by atomic mass is 9.73. The van der Waals surface area contributed by atoms with Gasteiger partial charge in [0.25, 0.3) is 5.56 Å². The predicted octanol–water partition coefficient (Wildman–Crippen LogP) is 4.13. The largest absolute Gasteiger partial charge is 0.435 e. The average Bonchev–Trinajstić information content (AvgIpc) is 3.13. The van der Waals surface area contributed by atoms with Crippen molar-refractivity contribution in [1.29, 1.82) is 0 Å². The molecule has 7 nitrogen and oxygen atoms in total. The number of nitrogens with two attached hydrogens (primary N) is 2. The average molecular weight is 511 g/mol. The Labute approximate surface area is 214 Å². The fourth-order valence-corrected chi connectivity index (χ4v) is 6.09. The third-order valence-electron chi connectivity index (χ3n) is 8.08. The van der Waals surface area contributed by atoms with Gasteiger partial charge in [-0.2, -0.15) is 8.78 Å². The first kappa shape index (κ1) is 25.2. The smallest absolute Gasteiger partial charge is 0.387 e. The maximum absolute atomic E-state index is 13.3. The van der Waals surface area contributed by atoms with Crippen LogP contribution < -0.4 is 26.7 Å². The van der Waals surface area contributed by atoms with E-state index < -0.39 is 12.7 Å². The summed E-state index contributed by atoms with van der Waals surface area (Å²) in [5.74, 6) is 0.744. The standard InChI is InChI=1S/C28H32F2N4O3/c1-16(35)20-5-3-4-18-15-28(25(32)23(18)20)10-12-34(13-11-28)22-14-21(31)24(26(36)33(22)2)17-6-8-19(9-7-17)37-27(29)30/h3-9,14,16,25,27,35H,10-13,15,31-32H2,1-2H3/t16?,25-/m1/s1. The third kappa shape index (κ3) is 4.36. The number of ether oxygens (including phenoxy) is 1. The Balaban J connectivity index is 1.37. The fraction of sp³-hybridized carbons (Fsp3) is 0.393. The van der Waals surface area contributed by atoms with Crippen LogP contribution in [-0.4, -0.2) is 29.4 Å². The lowest BCUT2D eigenvalue weighted by Gasteiger charge is -2.43. The van der Waals surface area contributed by atoms with Crippen LogP contribution in [0.25, 0.3) is 11.1 Å². The summed E-state index contributed by atoms with van der Waals surface area (Å²) in [7, 11) is 1.71. The number of hydrogen-bond acceptors (Lipinski definition) is 6. The number of nitrogen functional groups attached to an aromatic ring is 1. The van der Waals surface area contributed by atoms with Crippen molar-refractivity contribution in [1.82, 2.24) is 4.57 Å². The van der Waals surface area contributed by atoms with Crippen molar-refractivity contribution in [3.8, 4) is 16.9 Å². The number of benzene rings is 2. The molecule has 2 aliphatic rings. The normalized spacial score (nSPS) is 19.3. The fourth-order valence-electron chi connectivity index (χ4n) is 6.09. The Hall–Kier alpha value is -3.43. The molecule has 3 aromatic rings. The van der Waals surface area contributed by atoms with E-state index in [9.17, 15) is 18.7 Å². The van der Waals surface area contributed by atoms with Crippen LogP contribution in [-0.2, 0) is 13.5 Å². The van der Waals surface area contributed by atoms with Gasteiger partial charge >= 0.3 is 6.61 Å². The first-order valence-electron chi connectivity index (χ1n) is 12.5. The minimum Gasteiger partial charge on any atom is -0.435 e. The summed E-state index contributed by atoms with van der Waals surface area (Å²) in [5, 5.41) is 10.3. The van der Waals surface area contributed by atoms with E-state index >= 15 is 0 Å². The van der Waals surface area contributed by atoms with Crippen molar-refractivity contribution in [3.63, 3.8) is 0 Å². The molecule has 2 heterocycles. The number of fused-ring (bicyclic) bond motifs is 1. The summed E-state index contributed by atoms with van der Waals surface area (Å²) in [4.78, 5) is 15.5. The summed E-state index contributed by atoms with van der Waals surface area (Å²) in [6.45, 7) is 0.297. The molecule has 1 aromatic heterocycles. The second kappa shape index (κ2) is 9.46. The molecule has 5 rings (SSSR count). The highest BCUT2D eigenvalue weighted by molar-refractivity contribution is 5.78. The van der Waals surface area contributed by atoms with Gasteiger partial charge in [-0.3, -0.25) is 9.36 Å². The minimum atomic E-state index is -2.92. The molecule has 0 bridgehead atoms. The van der Waals surface area contributed by atoms with Crippen LogP contribution in [0.3, 0.4) is 0 Å². The molecule has 5 N–H and O–H groups in total. The van der Waals surface area contributed by atoms with Gasteiger partial charge in [0.2, 0.25) is 0 Å². The summed E-state index contributed by atoms with van der Waals surface area (Å²) < 4.78 is 30.9. The highest BCUT2D eigenvalue weighted by Gasteiger charge is 2.47. The number of piperidine rings is 1. The van der Waals surface area contributed by atoms with Crippen molar-refractivity contribution in [2.45, 2.75) is 44.9 Å². The number of aliphatic hydroxyl groups excluding tert-OH is 1. The molecule has 1 spiro atoms. The van der Waals surface area contributed by atoms with Crippen molar-refractivity contribution < 1.29 is 18.6 Å². The Bertz CT molecular complexity index is 1360. The molecule has 0 saturated carbocycles. The van der Waals surface area contributed by atoms with Crippen LogP contribution in [0, 0.1) is 5.41 Å². The van der Waals surface area contributed by atoms with Crippen LogP contribution >= 0.6 is 0 Å². The lowest BCUT2D eigenvalue weighted by molar-refractivity contribution is -0.0498. The van der Waals surface area contributed by atoms with Crippen LogP contribution in [0.15, 0.2) is 53.3 Å². The summed E-state index contributed by atoms with van der Waals surface area (Å²) in [5.41, 5.74) is 17.2. The molecular weight excluding hydrogens is 478 g/mol. The number of halogens is 2. The lowest BCUT2D eigenvalue weighted by Crippen LogP contribution is -2.45. The number of hydrogen-bond donors (Lipinski definition) is 3. The van der Waals surface area contributed by atoms with Crippen LogP contribution in [0.2, 0.25) is 0 Å². The van der Waals surface area contributed by atoms with Gasteiger partial charge in [0.15, 0.2) is 0 Å². The third-order valence-corrected chi connectivity index (χ3v) is 8.08. The number of anilines is 2. The summed E-state index contributed by atoms with van der Waals surface area (Å²) >= 11 is 0. The SMILES string of the molecule is CC(O)c1cccc2c1[C@@H](N)C1(CCN(c3cc(N)c(-c4ccc(OC(F)F)cc4)c(=O)n3C)CC1)C2. The van der Waals surface area contributed by atoms with Crippen molar-refractivity contribution in [3.05, 3.63) is 75.6 Å². The zero-order valence-corrected chi connectivity index (χ0v) is 21.0. The Morgan fingerprint density at radius 1 is 1.14 bits per heavy atom. The van der Waals surface area contributed by atoms with Crippen molar-refractivity contribution in [2.75, 3.05) is 23.7 Å². The maximum Gasteiger partial charge on any atom is 0.387 e. The number of rotatable bonds is 5. The maximum atomic E-state index is 13.3. The Morgan fingerprint density at radius 3 is 2.43 bits per heavy atom. The van der Waals surface area contributed by atoms with E-state index in [0.29, 0.717) is 16.8 Å². The van der Waals surface area contributed by atoms with E-state index in [1.165, 1.54) is 17.7 Å². The van der Waals surface area contributed by atoms with E-state index in [1.807, 2.05) is 12.1 Å². The highest BCUT2D eigenvalue weighted by Crippen LogP contribution is 2.52. The molecule has 9 heteroatoms. The van der Waals surface area contributed by atoms with E-state index in [0.717, 1.165) is 49.3 Å². The monoisotopic (exact) mass is 510 g/mol. The molecule has 1 aliphatic carbocycles. The van der Waals surface area contributed by atoms with E-state index in [-0.39, 0.29) is 22.8 Å². The number of nitrogens with zero attached hydrogens (tertiary/aromatic N) is 2. The number of aromatic nitrogens is 1. The molecule has 0 amide bonds. The Kier molecular flexibility index (Phi) is 6.45. The van der Waals surface area contributed by atoms with Crippen LogP contribution in [0.4, 0.5) is 20.3 Å². The van der Waals surface area contributed by atoms with E-state index in [1.54, 1.807) is 36.7 Å². The number of alkyl halides is 2. The van der Waals surface area contributed by atoms with Gasteiger partial charge in [0.05, 0.1) is 11.7 Å². The molecule has 1 fully saturated rings. The van der Waals surface area contributed by atoms with Gasteiger partial charge in [0, 0.05) is 37.9 Å². The summed E-state index contributed by atoms with van der Waals surface area (Å²) in [6, 6.07) is 13.6. The molecule has 1 saturated heterocycles. The van der Waals surface area contributed by atoms with Gasteiger partial charge in [-0.25, -0.2) is 0 Å². The molecule has 0 radical (unpaired) electrons. The second-order valence-electron chi connectivity index (χ2n) is 10.2. The van der Waals surface area contributed by atoms with Crippen molar-refractivity contribution >= 4 is 11.5 Å². The van der Waals surface area contributed by atoms with Crippen LogP contribution in [0.5, 0.6) is 5.75 Å². The second-order valence-corrected chi connectivity index (χ2v) is 10.2. The zero-order chi connectivity index (χ0) is 26.5. The number of aliphatic hydroxyl groups is 1. The molecule has 196 valence electrons. The van der Waals surface area contributed by atoms with Crippen LogP contribution in [0.1, 0.15) is 48.6 Å². The predicted molar refractivity (Wildman–Crippen MR) is 140 cm³/mol. The zero-order valence-electron chi connectivity index (χ0n) is 21.0. The van der Waals surface area contributed by atoms with Gasteiger partial charge in [-0.15, -0.1) is 0 Å². The molecule has 2 atom stereocenters. The molecule has 1 unspecified atom stereocenters. The minimum absolute atomic E-state index is 0.0147. The highest BCUT2D eigenvalue weighted by atomic mass is 19.3. The molecular formula is C28H32F2N4O3. The summed E-state index contributed by atoms with van der Waals surface area (Å²) in [6.07, 6.45) is 2.01. The molecule has 37 heavy (non-hydrogen) atoms. The van der Waals surface area contributed by atoms with Gasteiger partial charge in [-0.05, 0) is 66.0 Å². The number of pyridine rings is 1. The van der Waals surface area contributed by atoms with Crippen molar-refractivity contribution in [2.24, 2.45) is 18.2 Å². The van der Waals surface area contributed by atoms with Gasteiger partial charge in [0.1, 0.15) is 11.6 Å². The first-order valence-corrected chi connectivity index (χ1v) is 12.5. The first-order chi connectivity index (χ1) is 17.6. The van der Waals surface area contributed by atoms with E-state index in [2.05, 4.69) is 15.7 Å². The van der Waals surface area contributed by atoms with E-state index in [4.69, 9.17) is 11.5 Å². The Morgan fingerprint density at radius 2 is 1.81 bits per heavy atom. The van der Waals surface area contributed by atoms with Gasteiger partial charge < -0.3 is 26.2 Å². The quantitative estimate of drug-likeness (QED) is 0.477. The topological polar surface area (TPSA) is 107 Å².